The summed E-state index contributed by atoms with van der Waals surface area (Å²) in [5.41, 5.74) is 10.9. The predicted octanol–water partition coefficient (Wildman–Crippen LogP) is 1.72. The third-order valence-electron chi connectivity index (χ3n) is 2.65. The van der Waals surface area contributed by atoms with Crippen LogP contribution in [0.4, 0.5) is 4.39 Å². The number of ether oxygens (including phenoxy) is 1. The van der Waals surface area contributed by atoms with Gasteiger partial charge in [0, 0.05) is 16.7 Å². The van der Waals surface area contributed by atoms with Crippen molar-refractivity contribution in [3.05, 3.63) is 41.7 Å². The number of hydrogen-bond donors (Lipinski definition) is 3. The van der Waals surface area contributed by atoms with Crippen LogP contribution in [0.2, 0.25) is 0 Å². The van der Waals surface area contributed by atoms with Crippen LogP contribution in [-0.2, 0) is 0 Å². The van der Waals surface area contributed by atoms with E-state index in [2.05, 4.69) is 10.3 Å². The molecule has 0 saturated carbocycles. The highest BCUT2D eigenvalue weighted by Crippen LogP contribution is 2.14. The zero-order valence-electron chi connectivity index (χ0n) is 13.6. The quantitative estimate of drug-likeness (QED) is 0.548. The average molecular weight is 322 g/mol. The first-order valence-electron chi connectivity index (χ1n) is 7.10. The van der Waals surface area contributed by atoms with Gasteiger partial charge in [0.25, 0.3) is 5.91 Å². The number of nitrogens with zero attached hydrogens (tertiary/aromatic N) is 1. The van der Waals surface area contributed by atoms with Gasteiger partial charge in [-0.1, -0.05) is 0 Å². The van der Waals surface area contributed by atoms with Gasteiger partial charge >= 0.3 is 0 Å². The largest absolute Gasteiger partial charge is 0.489 e. The molecule has 0 unspecified atom stereocenters. The van der Waals surface area contributed by atoms with Crippen molar-refractivity contribution in [3.63, 3.8) is 0 Å². The second-order valence-corrected chi connectivity index (χ2v) is 6.03. The van der Waals surface area contributed by atoms with Gasteiger partial charge in [-0.25, -0.2) is 9.38 Å². The third-order valence-corrected chi connectivity index (χ3v) is 2.65. The molecule has 0 atom stereocenters. The fourth-order valence-corrected chi connectivity index (χ4v) is 1.60. The molecule has 0 spiro atoms. The fraction of sp³-hybridized carbons (Fsp3) is 0.375. The normalized spacial score (nSPS) is 11.7. The molecule has 1 amide bonds. The van der Waals surface area contributed by atoms with Crippen LogP contribution in [-0.4, -0.2) is 30.6 Å². The SMILES string of the molecule is CC(C)(C)NC(=O)c1ccc(OC/C(=C/F)CN=C(N)N)cc1. The van der Waals surface area contributed by atoms with E-state index in [0.29, 0.717) is 23.2 Å². The molecular formula is C16H23FN4O2. The summed E-state index contributed by atoms with van der Waals surface area (Å²) in [5, 5.41) is 2.86. The van der Waals surface area contributed by atoms with E-state index >= 15 is 0 Å². The number of carbonyl (C=O) groups excluding carboxylic acids is 1. The van der Waals surface area contributed by atoms with E-state index in [1.54, 1.807) is 24.3 Å². The van der Waals surface area contributed by atoms with Crippen LogP contribution < -0.4 is 21.5 Å². The van der Waals surface area contributed by atoms with Crippen molar-refractivity contribution in [2.45, 2.75) is 26.3 Å². The van der Waals surface area contributed by atoms with Gasteiger partial charge < -0.3 is 21.5 Å². The maximum absolute atomic E-state index is 12.7. The molecule has 6 nitrogen and oxygen atoms in total. The van der Waals surface area contributed by atoms with E-state index in [-0.39, 0.29) is 30.6 Å². The molecule has 5 N–H and O–H groups in total. The first-order valence-corrected chi connectivity index (χ1v) is 7.10. The summed E-state index contributed by atoms with van der Waals surface area (Å²) in [6, 6.07) is 6.58. The lowest BCUT2D eigenvalue weighted by Crippen LogP contribution is -2.40. The van der Waals surface area contributed by atoms with Crippen molar-refractivity contribution in [1.82, 2.24) is 5.32 Å². The van der Waals surface area contributed by atoms with Gasteiger partial charge in [-0.3, -0.25) is 4.79 Å². The number of nitrogens with two attached hydrogens (primary N) is 2. The highest BCUT2D eigenvalue weighted by molar-refractivity contribution is 5.94. The number of carbonyl (C=O) groups is 1. The molecule has 23 heavy (non-hydrogen) atoms. The van der Waals surface area contributed by atoms with Gasteiger partial charge in [-0.05, 0) is 45.0 Å². The Kier molecular flexibility index (Phi) is 6.56. The van der Waals surface area contributed by atoms with Crippen LogP contribution >= 0.6 is 0 Å². The summed E-state index contributed by atoms with van der Waals surface area (Å²) in [5.74, 6) is 0.237. The van der Waals surface area contributed by atoms with Crippen molar-refractivity contribution in [3.8, 4) is 5.75 Å². The van der Waals surface area contributed by atoms with Crippen molar-refractivity contribution in [1.29, 1.82) is 0 Å². The zero-order valence-corrected chi connectivity index (χ0v) is 13.6. The van der Waals surface area contributed by atoms with Crippen LogP contribution in [0.1, 0.15) is 31.1 Å². The molecule has 1 aromatic rings. The Morgan fingerprint density at radius 3 is 2.39 bits per heavy atom. The van der Waals surface area contributed by atoms with Gasteiger partial charge in [0.2, 0.25) is 0 Å². The van der Waals surface area contributed by atoms with E-state index < -0.39 is 0 Å². The Hall–Kier alpha value is -2.57. The standard InChI is InChI=1S/C16H23FN4O2/c1-16(2,3)21-14(22)12-4-6-13(7-5-12)23-10-11(8-17)9-20-15(18)19/h4-8H,9-10H2,1-3H3,(H,21,22)(H4,18,19,20)/b11-8+. The molecule has 0 aliphatic heterocycles. The number of nitrogens with one attached hydrogen (secondary N) is 1. The molecule has 0 heterocycles. The average Bonchev–Trinajstić information content (AvgIpc) is 2.46. The van der Waals surface area contributed by atoms with Crippen molar-refractivity contribution < 1.29 is 13.9 Å². The number of hydrogen-bond acceptors (Lipinski definition) is 3. The van der Waals surface area contributed by atoms with Crippen LogP contribution in [0.3, 0.4) is 0 Å². The number of aliphatic imine (C=N–C) groups is 1. The zero-order chi connectivity index (χ0) is 17.5. The Labute approximate surface area is 135 Å². The van der Waals surface area contributed by atoms with E-state index in [1.165, 1.54) is 0 Å². The Bertz CT molecular complexity index is 585. The third kappa shape index (κ3) is 7.30. The Morgan fingerprint density at radius 2 is 1.91 bits per heavy atom. The van der Waals surface area contributed by atoms with E-state index in [4.69, 9.17) is 16.2 Å². The highest BCUT2D eigenvalue weighted by Gasteiger charge is 2.15. The maximum atomic E-state index is 12.7. The number of guanidine groups is 1. The lowest BCUT2D eigenvalue weighted by atomic mass is 10.1. The molecule has 0 saturated heterocycles. The molecule has 0 bridgehead atoms. The van der Waals surface area contributed by atoms with E-state index in [9.17, 15) is 9.18 Å². The van der Waals surface area contributed by atoms with Crippen LogP contribution in [0.25, 0.3) is 0 Å². The molecule has 0 aliphatic carbocycles. The predicted molar refractivity (Wildman–Crippen MR) is 89.0 cm³/mol. The molecule has 126 valence electrons. The number of halogens is 1. The molecule has 0 aliphatic rings. The molecule has 0 aromatic heterocycles. The van der Waals surface area contributed by atoms with Crippen molar-refractivity contribution in [2.75, 3.05) is 13.2 Å². The minimum Gasteiger partial charge on any atom is -0.489 e. The number of benzene rings is 1. The van der Waals surface area contributed by atoms with Gasteiger partial charge in [0.05, 0.1) is 12.9 Å². The highest BCUT2D eigenvalue weighted by atomic mass is 19.1. The van der Waals surface area contributed by atoms with Crippen LogP contribution in [0, 0.1) is 0 Å². The van der Waals surface area contributed by atoms with E-state index in [0.717, 1.165) is 0 Å². The van der Waals surface area contributed by atoms with Crippen molar-refractivity contribution in [2.24, 2.45) is 16.5 Å². The summed E-state index contributed by atoms with van der Waals surface area (Å²) in [6.45, 7) is 5.77. The molecule has 1 rings (SSSR count). The number of rotatable bonds is 6. The van der Waals surface area contributed by atoms with Crippen LogP contribution in [0.15, 0.2) is 41.2 Å². The molecular weight excluding hydrogens is 299 g/mol. The minimum atomic E-state index is -0.307. The summed E-state index contributed by atoms with van der Waals surface area (Å²) in [4.78, 5) is 15.7. The molecule has 0 radical (unpaired) electrons. The minimum absolute atomic E-state index is 0.0147. The van der Waals surface area contributed by atoms with Crippen molar-refractivity contribution >= 4 is 11.9 Å². The fourth-order valence-electron chi connectivity index (χ4n) is 1.60. The number of amides is 1. The molecule has 0 fully saturated rings. The van der Waals surface area contributed by atoms with Gasteiger partial charge in [0.1, 0.15) is 12.4 Å². The lowest BCUT2D eigenvalue weighted by molar-refractivity contribution is 0.0919. The van der Waals surface area contributed by atoms with E-state index in [1.807, 2.05) is 20.8 Å². The van der Waals surface area contributed by atoms with Gasteiger partial charge in [-0.2, -0.15) is 0 Å². The molecule has 7 heteroatoms. The second kappa shape index (κ2) is 8.17. The summed E-state index contributed by atoms with van der Waals surface area (Å²) >= 11 is 0. The summed E-state index contributed by atoms with van der Waals surface area (Å²) < 4.78 is 18.1. The summed E-state index contributed by atoms with van der Waals surface area (Å²) in [6.07, 6.45) is 0.414. The van der Waals surface area contributed by atoms with Crippen LogP contribution in [0.5, 0.6) is 5.75 Å². The second-order valence-electron chi connectivity index (χ2n) is 6.03. The van der Waals surface area contributed by atoms with Gasteiger partial charge in [-0.15, -0.1) is 0 Å². The topological polar surface area (TPSA) is 103 Å². The maximum Gasteiger partial charge on any atom is 0.251 e. The Morgan fingerprint density at radius 1 is 1.30 bits per heavy atom. The first-order chi connectivity index (χ1) is 10.7. The lowest BCUT2D eigenvalue weighted by Gasteiger charge is -2.20. The van der Waals surface area contributed by atoms with Gasteiger partial charge in [0.15, 0.2) is 5.96 Å². The monoisotopic (exact) mass is 322 g/mol. The summed E-state index contributed by atoms with van der Waals surface area (Å²) in [7, 11) is 0. The Balaban J connectivity index is 2.60. The first kappa shape index (κ1) is 18.5. The molecule has 1 aromatic carbocycles. The smallest absolute Gasteiger partial charge is 0.251 e.